The molecule has 0 aromatic carbocycles. The fourth-order valence-corrected chi connectivity index (χ4v) is 5.84. The number of aromatic nitrogens is 2. The molecule has 0 spiro atoms. The van der Waals surface area contributed by atoms with Crippen LogP contribution in [0.15, 0.2) is 0 Å². The van der Waals surface area contributed by atoms with Crippen molar-refractivity contribution in [1.82, 2.24) is 15.1 Å². The summed E-state index contributed by atoms with van der Waals surface area (Å²) in [6.45, 7) is 1.81. The van der Waals surface area contributed by atoms with Gasteiger partial charge in [0.25, 0.3) is 0 Å². The van der Waals surface area contributed by atoms with E-state index in [1.54, 1.807) is 0 Å². The molecule has 0 radical (unpaired) electrons. The second-order valence-corrected chi connectivity index (χ2v) is 7.47. The SMILES string of the molecule is Nc1c2c(nn1C13CC4CC(CC(C4)C1)C3)CNC2. The molecule has 19 heavy (non-hydrogen) atoms. The first kappa shape index (κ1) is 10.7. The molecule has 4 saturated carbocycles. The highest BCUT2D eigenvalue weighted by atomic mass is 15.4. The molecule has 2 heterocycles. The summed E-state index contributed by atoms with van der Waals surface area (Å²) in [5.41, 5.74) is 9.19. The third kappa shape index (κ3) is 1.31. The normalized spacial score (nSPS) is 42.8. The molecule has 4 bridgehead atoms. The Labute approximate surface area is 113 Å². The van der Waals surface area contributed by atoms with E-state index in [4.69, 9.17) is 10.8 Å². The summed E-state index contributed by atoms with van der Waals surface area (Å²) >= 11 is 0. The Bertz CT molecular complexity index is 509. The minimum absolute atomic E-state index is 0.281. The van der Waals surface area contributed by atoms with E-state index in [2.05, 4.69) is 10.00 Å². The predicted molar refractivity (Wildman–Crippen MR) is 73.3 cm³/mol. The lowest BCUT2D eigenvalue weighted by Gasteiger charge is -2.56. The number of fused-ring (bicyclic) bond motifs is 1. The van der Waals surface area contributed by atoms with Crippen molar-refractivity contribution in [2.45, 2.75) is 57.2 Å². The lowest BCUT2D eigenvalue weighted by Crippen LogP contribution is -2.52. The van der Waals surface area contributed by atoms with Crippen LogP contribution in [0.2, 0.25) is 0 Å². The van der Waals surface area contributed by atoms with Gasteiger partial charge >= 0.3 is 0 Å². The van der Waals surface area contributed by atoms with Crippen molar-refractivity contribution >= 4 is 5.82 Å². The number of hydrogen-bond donors (Lipinski definition) is 2. The minimum Gasteiger partial charge on any atom is -0.384 e. The number of nitrogen functional groups attached to an aromatic ring is 1. The topological polar surface area (TPSA) is 55.9 Å². The van der Waals surface area contributed by atoms with Crippen LogP contribution in [0.1, 0.15) is 49.8 Å². The van der Waals surface area contributed by atoms with Crippen LogP contribution in [0, 0.1) is 17.8 Å². The number of anilines is 1. The van der Waals surface area contributed by atoms with Crippen molar-refractivity contribution < 1.29 is 0 Å². The van der Waals surface area contributed by atoms with E-state index >= 15 is 0 Å². The van der Waals surface area contributed by atoms with Crippen LogP contribution in [0.4, 0.5) is 5.82 Å². The summed E-state index contributed by atoms with van der Waals surface area (Å²) < 4.78 is 2.27. The maximum Gasteiger partial charge on any atom is 0.127 e. The van der Waals surface area contributed by atoms with Gasteiger partial charge in [-0.3, -0.25) is 0 Å². The van der Waals surface area contributed by atoms with Gasteiger partial charge in [-0.05, 0) is 56.3 Å². The van der Waals surface area contributed by atoms with Gasteiger partial charge in [0.05, 0.1) is 11.2 Å². The Balaban J connectivity index is 1.62. The first-order chi connectivity index (χ1) is 9.23. The predicted octanol–water partition coefficient (Wildman–Crippen LogP) is 1.99. The Kier molecular flexibility index (Phi) is 1.89. The van der Waals surface area contributed by atoms with E-state index in [1.165, 1.54) is 49.8 Å². The molecule has 4 fully saturated rings. The van der Waals surface area contributed by atoms with Crippen molar-refractivity contribution in [2.75, 3.05) is 5.73 Å². The van der Waals surface area contributed by atoms with Gasteiger partial charge in [-0.2, -0.15) is 5.10 Å². The van der Waals surface area contributed by atoms with Crippen molar-refractivity contribution in [3.8, 4) is 0 Å². The summed E-state index contributed by atoms with van der Waals surface area (Å²) in [5.74, 6) is 3.80. The van der Waals surface area contributed by atoms with E-state index in [9.17, 15) is 0 Å². The molecule has 4 nitrogen and oxygen atoms in total. The van der Waals surface area contributed by atoms with Gasteiger partial charge in [0, 0.05) is 18.7 Å². The van der Waals surface area contributed by atoms with Gasteiger partial charge in [-0.1, -0.05) is 0 Å². The Morgan fingerprint density at radius 3 is 2.26 bits per heavy atom. The van der Waals surface area contributed by atoms with Crippen LogP contribution in [0.5, 0.6) is 0 Å². The van der Waals surface area contributed by atoms with Crippen LogP contribution >= 0.6 is 0 Å². The summed E-state index contributed by atoms with van der Waals surface area (Å²) in [6.07, 6.45) is 8.41. The molecule has 4 heteroatoms. The van der Waals surface area contributed by atoms with E-state index < -0.39 is 0 Å². The average molecular weight is 258 g/mol. The first-order valence-corrected chi connectivity index (χ1v) is 7.81. The Hall–Kier alpha value is -1.03. The molecule has 0 saturated heterocycles. The maximum absolute atomic E-state index is 6.44. The molecule has 1 aliphatic heterocycles. The summed E-state index contributed by atoms with van der Waals surface area (Å²) in [5, 5.41) is 8.26. The van der Waals surface area contributed by atoms with E-state index in [0.29, 0.717) is 0 Å². The van der Waals surface area contributed by atoms with Crippen molar-refractivity contribution in [3.05, 3.63) is 11.3 Å². The Morgan fingerprint density at radius 2 is 1.68 bits per heavy atom. The molecule has 3 N–H and O–H groups in total. The molecule has 102 valence electrons. The van der Waals surface area contributed by atoms with Crippen LogP contribution < -0.4 is 11.1 Å². The molecule has 5 aliphatic rings. The van der Waals surface area contributed by atoms with Crippen molar-refractivity contribution in [2.24, 2.45) is 17.8 Å². The quantitative estimate of drug-likeness (QED) is 0.810. The molecule has 0 unspecified atom stereocenters. The van der Waals surface area contributed by atoms with Crippen LogP contribution in [-0.2, 0) is 18.6 Å². The van der Waals surface area contributed by atoms with Gasteiger partial charge in [-0.15, -0.1) is 0 Å². The molecule has 4 aliphatic carbocycles. The molecule has 1 aromatic rings. The van der Waals surface area contributed by atoms with Gasteiger partial charge in [-0.25, -0.2) is 4.68 Å². The van der Waals surface area contributed by atoms with Crippen molar-refractivity contribution in [3.63, 3.8) is 0 Å². The second-order valence-electron chi connectivity index (χ2n) is 7.47. The van der Waals surface area contributed by atoms with E-state index in [1.807, 2.05) is 0 Å². The number of nitrogens with zero attached hydrogens (tertiary/aromatic N) is 2. The highest BCUT2D eigenvalue weighted by Crippen LogP contribution is 2.59. The number of rotatable bonds is 1. The highest BCUT2D eigenvalue weighted by Gasteiger charge is 2.53. The molecular formula is C15H22N4. The molecular weight excluding hydrogens is 236 g/mol. The smallest absolute Gasteiger partial charge is 0.127 e. The summed E-state index contributed by atoms with van der Waals surface area (Å²) in [7, 11) is 0. The first-order valence-electron chi connectivity index (χ1n) is 7.81. The van der Waals surface area contributed by atoms with Gasteiger partial charge < -0.3 is 11.1 Å². The monoisotopic (exact) mass is 258 g/mol. The lowest BCUT2D eigenvalue weighted by atomic mass is 9.53. The van der Waals surface area contributed by atoms with Crippen LogP contribution in [-0.4, -0.2) is 9.78 Å². The molecule has 0 atom stereocenters. The summed E-state index contributed by atoms with van der Waals surface area (Å²) in [4.78, 5) is 0. The number of nitrogens with two attached hydrogens (primary N) is 1. The number of hydrogen-bond acceptors (Lipinski definition) is 3. The van der Waals surface area contributed by atoms with Gasteiger partial charge in [0.2, 0.25) is 0 Å². The molecule has 1 aromatic heterocycles. The minimum atomic E-state index is 0.281. The highest BCUT2D eigenvalue weighted by molar-refractivity contribution is 5.46. The zero-order chi connectivity index (χ0) is 12.6. The van der Waals surface area contributed by atoms with Gasteiger partial charge in [0.15, 0.2) is 0 Å². The fourth-order valence-electron chi connectivity index (χ4n) is 5.84. The zero-order valence-electron chi connectivity index (χ0n) is 11.4. The van der Waals surface area contributed by atoms with E-state index in [-0.39, 0.29) is 5.54 Å². The second kappa shape index (κ2) is 3.35. The third-order valence-corrected chi connectivity index (χ3v) is 6.16. The Morgan fingerprint density at radius 1 is 1.05 bits per heavy atom. The standard InChI is InChI=1S/C15H22N4/c16-14-12-7-17-8-13(12)18-19(14)15-4-9-1-10(5-15)3-11(2-9)6-15/h9-11,17H,1-8,16H2. The average Bonchev–Trinajstić information content (AvgIpc) is 2.91. The zero-order valence-corrected chi connectivity index (χ0v) is 11.4. The fraction of sp³-hybridized carbons (Fsp3) is 0.800. The van der Waals surface area contributed by atoms with E-state index in [0.717, 1.165) is 36.7 Å². The van der Waals surface area contributed by atoms with Crippen LogP contribution in [0.25, 0.3) is 0 Å². The van der Waals surface area contributed by atoms with Gasteiger partial charge in [0.1, 0.15) is 5.82 Å². The van der Waals surface area contributed by atoms with Crippen molar-refractivity contribution in [1.29, 1.82) is 0 Å². The maximum atomic E-state index is 6.44. The summed E-state index contributed by atoms with van der Waals surface area (Å²) in [6, 6.07) is 0. The lowest BCUT2D eigenvalue weighted by molar-refractivity contribution is -0.0483. The number of nitrogens with one attached hydrogen (secondary N) is 1. The van der Waals surface area contributed by atoms with Crippen LogP contribution in [0.3, 0.4) is 0 Å². The largest absolute Gasteiger partial charge is 0.384 e. The molecule has 6 rings (SSSR count). The molecule has 0 amide bonds. The third-order valence-electron chi connectivity index (χ3n) is 6.16.